The second kappa shape index (κ2) is 8.40. The normalized spacial score (nSPS) is 11.0. The Hall–Kier alpha value is -3.26. The van der Waals surface area contributed by atoms with E-state index in [9.17, 15) is 9.18 Å². The molecule has 0 saturated carbocycles. The van der Waals surface area contributed by atoms with Crippen LogP contribution in [-0.4, -0.2) is 39.8 Å². The quantitative estimate of drug-likeness (QED) is 0.482. The smallest absolute Gasteiger partial charge is 0.275 e. The van der Waals surface area contributed by atoms with Gasteiger partial charge in [0.05, 0.1) is 10.6 Å². The number of hydrogen-bond acceptors (Lipinski definition) is 5. The molecule has 0 aliphatic carbocycles. The van der Waals surface area contributed by atoms with Crippen LogP contribution in [0, 0.1) is 5.82 Å². The van der Waals surface area contributed by atoms with Gasteiger partial charge in [0.15, 0.2) is 11.5 Å². The van der Waals surface area contributed by atoms with Gasteiger partial charge >= 0.3 is 0 Å². The number of amides is 1. The van der Waals surface area contributed by atoms with Gasteiger partial charge in [-0.15, -0.1) is 11.3 Å². The SMILES string of the molecule is CN(CCCc1cc(-c2ccc(F)cc2)n[nH]1)C(=O)c1cc(-c2cccs2)on1. The van der Waals surface area contributed by atoms with E-state index in [2.05, 4.69) is 15.4 Å². The van der Waals surface area contributed by atoms with E-state index in [1.807, 2.05) is 23.6 Å². The predicted molar refractivity (Wildman–Crippen MR) is 109 cm³/mol. The third-order valence-electron chi connectivity index (χ3n) is 4.55. The third-order valence-corrected chi connectivity index (χ3v) is 5.43. The molecule has 29 heavy (non-hydrogen) atoms. The van der Waals surface area contributed by atoms with E-state index >= 15 is 0 Å². The molecule has 0 aliphatic heterocycles. The van der Waals surface area contributed by atoms with Gasteiger partial charge in [0.25, 0.3) is 5.91 Å². The number of nitrogens with zero attached hydrogens (tertiary/aromatic N) is 3. The van der Waals surface area contributed by atoms with Crippen LogP contribution < -0.4 is 0 Å². The summed E-state index contributed by atoms with van der Waals surface area (Å²) in [6, 6.07) is 13.7. The van der Waals surface area contributed by atoms with Crippen molar-refractivity contribution >= 4 is 17.2 Å². The van der Waals surface area contributed by atoms with Gasteiger partial charge in [-0.2, -0.15) is 5.10 Å². The Morgan fingerprint density at radius 1 is 1.24 bits per heavy atom. The average molecular weight is 410 g/mol. The summed E-state index contributed by atoms with van der Waals surface area (Å²) in [5.41, 5.74) is 2.89. The Morgan fingerprint density at radius 2 is 2.07 bits per heavy atom. The molecule has 0 atom stereocenters. The van der Waals surface area contributed by atoms with Gasteiger partial charge in [0, 0.05) is 30.9 Å². The number of aryl methyl sites for hydroxylation is 1. The van der Waals surface area contributed by atoms with Crippen molar-refractivity contribution in [2.24, 2.45) is 0 Å². The molecule has 0 bridgehead atoms. The molecule has 4 aromatic rings. The van der Waals surface area contributed by atoms with Crippen LogP contribution in [0.3, 0.4) is 0 Å². The first-order valence-corrected chi connectivity index (χ1v) is 10.0. The van der Waals surface area contributed by atoms with E-state index in [0.29, 0.717) is 18.0 Å². The van der Waals surface area contributed by atoms with Gasteiger partial charge in [0.2, 0.25) is 0 Å². The Balaban J connectivity index is 1.30. The first-order chi connectivity index (χ1) is 14.1. The van der Waals surface area contributed by atoms with Gasteiger partial charge in [-0.25, -0.2) is 4.39 Å². The lowest BCUT2D eigenvalue weighted by atomic mass is 10.1. The van der Waals surface area contributed by atoms with Crippen molar-refractivity contribution in [3.05, 3.63) is 71.1 Å². The molecular weight excluding hydrogens is 391 g/mol. The molecule has 0 aliphatic rings. The lowest BCUT2D eigenvalue weighted by Crippen LogP contribution is -2.28. The number of thiophene rings is 1. The number of aromatic nitrogens is 3. The van der Waals surface area contributed by atoms with Gasteiger partial charge in [-0.3, -0.25) is 9.89 Å². The fraction of sp³-hybridized carbons (Fsp3) is 0.190. The summed E-state index contributed by atoms with van der Waals surface area (Å²) in [7, 11) is 1.75. The molecule has 4 rings (SSSR count). The number of H-pyrrole nitrogens is 1. The van der Waals surface area contributed by atoms with Crippen molar-refractivity contribution in [1.82, 2.24) is 20.3 Å². The van der Waals surface area contributed by atoms with Gasteiger partial charge < -0.3 is 9.42 Å². The van der Waals surface area contributed by atoms with E-state index < -0.39 is 0 Å². The summed E-state index contributed by atoms with van der Waals surface area (Å²) in [6.45, 7) is 0.574. The van der Waals surface area contributed by atoms with Crippen LogP contribution in [-0.2, 0) is 6.42 Å². The minimum absolute atomic E-state index is 0.173. The standard InChI is InChI=1S/C21H19FN4O2S/c1-26(21(27)18-13-19(28-25-18)20-5-3-11-29-20)10-2-4-16-12-17(24-23-16)14-6-8-15(22)9-7-14/h3,5-9,11-13H,2,4,10H2,1H3,(H,23,24). The molecular formula is C21H19FN4O2S. The van der Waals surface area contributed by atoms with Gasteiger partial charge in [-0.05, 0) is 54.6 Å². The maximum absolute atomic E-state index is 13.0. The zero-order valence-electron chi connectivity index (χ0n) is 15.8. The number of carbonyl (C=O) groups is 1. The zero-order chi connectivity index (χ0) is 20.2. The maximum atomic E-state index is 13.0. The van der Waals surface area contributed by atoms with Gasteiger partial charge in [-0.1, -0.05) is 11.2 Å². The predicted octanol–water partition coefficient (Wildman–Crippen LogP) is 4.64. The van der Waals surface area contributed by atoms with E-state index in [0.717, 1.165) is 34.7 Å². The van der Waals surface area contributed by atoms with Crippen LogP contribution in [0.4, 0.5) is 4.39 Å². The number of halogens is 1. The number of rotatable bonds is 7. The molecule has 1 aromatic carbocycles. The summed E-state index contributed by atoms with van der Waals surface area (Å²) >= 11 is 1.54. The third kappa shape index (κ3) is 4.43. The van der Waals surface area contributed by atoms with Crippen LogP contribution in [0.15, 0.2) is 58.4 Å². The summed E-state index contributed by atoms with van der Waals surface area (Å²) in [4.78, 5) is 15.1. The van der Waals surface area contributed by atoms with Crippen molar-refractivity contribution < 1.29 is 13.7 Å². The number of aromatic amines is 1. The second-order valence-electron chi connectivity index (χ2n) is 6.67. The molecule has 148 valence electrons. The van der Waals surface area contributed by atoms with Crippen LogP contribution in [0.1, 0.15) is 22.6 Å². The minimum atomic E-state index is -0.271. The van der Waals surface area contributed by atoms with Gasteiger partial charge in [0.1, 0.15) is 5.82 Å². The Kier molecular flexibility index (Phi) is 5.53. The minimum Gasteiger partial charge on any atom is -0.355 e. The summed E-state index contributed by atoms with van der Waals surface area (Å²) in [5.74, 6) is 0.155. The highest BCUT2D eigenvalue weighted by Gasteiger charge is 2.18. The fourth-order valence-corrected chi connectivity index (χ4v) is 3.65. The zero-order valence-corrected chi connectivity index (χ0v) is 16.6. The largest absolute Gasteiger partial charge is 0.355 e. The summed E-state index contributed by atoms with van der Waals surface area (Å²) in [6.07, 6.45) is 1.51. The molecule has 1 amide bonds. The molecule has 0 fully saturated rings. The number of hydrogen-bond donors (Lipinski definition) is 1. The molecule has 0 unspecified atom stereocenters. The van der Waals surface area contributed by atoms with E-state index in [1.54, 1.807) is 30.1 Å². The van der Waals surface area contributed by atoms with E-state index in [-0.39, 0.29) is 11.7 Å². The molecule has 3 aromatic heterocycles. The summed E-state index contributed by atoms with van der Waals surface area (Å²) < 4.78 is 18.3. The molecule has 0 radical (unpaired) electrons. The van der Waals surface area contributed by atoms with Crippen molar-refractivity contribution in [2.45, 2.75) is 12.8 Å². The molecule has 6 nitrogen and oxygen atoms in total. The van der Waals surface area contributed by atoms with Crippen LogP contribution >= 0.6 is 11.3 Å². The molecule has 1 N–H and O–H groups in total. The van der Waals surface area contributed by atoms with Crippen molar-refractivity contribution in [2.75, 3.05) is 13.6 Å². The highest BCUT2D eigenvalue weighted by atomic mass is 32.1. The van der Waals surface area contributed by atoms with E-state index in [1.165, 1.54) is 23.5 Å². The Bertz CT molecular complexity index is 1090. The summed E-state index contributed by atoms with van der Waals surface area (Å²) in [5, 5.41) is 13.1. The second-order valence-corrected chi connectivity index (χ2v) is 7.62. The monoisotopic (exact) mass is 410 g/mol. The highest BCUT2D eigenvalue weighted by molar-refractivity contribution is 7.13. The lowest BCUT2D eigenvalue weighted by Gasteiger charge is -2.14. The average Bonchev–Trinajstić information content (AvgIpc) is 3.48. The maximum Gasteiger partial charge on any atom is 0.275 e. The topological polar surface area (TPSA) is 75.0 Å². The Morgan fingerprint density at radius 3 is 2.83 bits per heavy atom. The lowest BCUT2D eigenvalue weighted by molar-refractivity contribution is 0.0783. The highest BCUT2D eigenvalue weighted by Crippen LogP contribution is 2.25. The van der Waals surface area contributed by atoms with Crippen LogP contribution in [0.25, 0.3) is 21.9 Å². The number of nitrogens with one attached hydrogen (secondary N) is 1. The van der Waals surface area contributed by atoms with Crippen molar-refractivity contribution in [1.29, 1.82) is 0 Å². The molecule has 0 saturated heterocycles. The number of benzene rings is 1. The van der Waals surface area contributed by atoms with Crippen LogP contribution in [0.5, 0.6) is 0 Å². The van der Waals surface area contributed by atoms with E-state index in [4.69, 9.17) is 4.52 Å². The number of carbonyl (C=O) groups excluding carboxylic acids is 1. The van der Waals surface area contributed by atoms with Crippen molar-refractivity contribution in [3.8, 4) is 21.9 Å². The molecule has 0 spiro atoms. The molecule has 3 heterocycles. The molecule has 8 heteroatoms. The fourth-order valence-electron chi connectivity index (χ4n) is 2.97. The van der Waals surface area contributed by atoms with Crippen molar-refractivity contribution in [3.63, 3.8) is 0 Å². The Labute approximate surface area is 171 Å². The first-order valence-electron chi connectivity index (χ1n) is 9.16. The first kappa shape index (κ1) is 19.1. The van der Waals surface area contributed by atoms with Crippen LogP contribution in [0.2, 0.25) is 0 Å².